The highest BCUT2D eigenvalue weighted by Crippen LogP contribution is 2.34. The fraction of sp³-hybridized carbons (Fsp3) is 0.176. The number of nitrogens with zero attached hydrogens (tertiary/aromatic N) is 1. The standard InChI is InChI=1S/C17H16ClN3O3/c1-11(22)21-7-8-24-16-10-14(5-6-15(16)21)20-17(23)19-13-4-2-3-12(18)9-13/h2-6,9-10H,7-8H2,1H3,(H2,19,20,23). The minimum atomic E-state index is -0.392. The van der Waals surface area contributed by atoms with Gasteiger partial charge in [-0.3, -0.25) is 4.79 Å². The van der Waals surface area contributed by atoms with Crippen LogP contribution in [-0.4, -0.2) is 25.1 Å². The van der Waals surface area contributed by atoms with Gasteiger partial charge in [-0.2, -0.15) is 0 Å². The van der Waals surface area contributed by atoms with Crippen molar-refractivity contribution >= 4 is 40.6 Å². The molecule has 1 aliphatic rings. The molecule has 0 atom stereocenters. The predicted octanol–water partition coefficient (Wildman–Crippen LogP) is 3.73. The molecule has 3 rings (SSSR count). The molecular formula is C17H16ClN3O3. The molecule has 0 spiro atoms. The third kappa shape index (κ3) is 3.60. The second-order valence-corrected chi connectivity index (χ2v) is 5.73. The molecule has 0 unspecified atom stereocenters. The van der Waals surface area contributed by atoms with E-state index < -0.39 is 6.03 Å². The Labute approximate surface area is 144 Å². The molecule has 0 saturated carbocycles. The van der Waals surface area contributed by atoms with Crippen LogP contribution in [0.3, 0.4) is 0 Å². The summed E-state index contributed by atoms with van der Waals surface area (Å²) in [5.41, 5.74) is 1.87. The van der Waals surface area contributed by atoms with Crippen LogP contribution in [0.1, 0.15) is 6.92 Å². The van der Waals surface area contributed by atoms with Crippen molar-refractivity contribution in [3.8, 4) is 5.75 Å². The Balaban J connectivity index is 1.72. The number of halogens is 1. The molecule has 7 heteroatoms. The van der Waals surface area contributed by atoms with E-state index in [1.165, 1.54) is 6.92 Å². The third-order valence-electron chi connectivity index (χ3n) is 3.54. The van der Waals surface area contributed by atoms with E-state index in [2.05, 4.69) is 10.6 Å². The van der Waals surface area contributed by atoms with Crippen LogP contribution in [-0.2, 0) is 4.79 Å². The van der Waals surface area contributed by atoms with Crippen molar-refractivity contribution in [1.82, 2.24) is 0 Å². The zero-order valence-corrected chi connectivity index (χ0v) is 13.8. The molecule has 0 aromatic heterocycles. The number of carbonyl (C=O) groups excluding carboxylic acids is 2. The van der Waals surface area contributed by atoms with Gasteiger partial charge in [0.25, 0.3) is 0 Å². The molecule has 2 aromatic carbocycles. The van der Waals surface area contributed by atoms with E-state index in [-0.39, 0.29) is 5.91 Å². The number of benzene rings is 2. The van der Waals surface area contributed by atoms with E-state index in [1.54, 1.807) is 47.4 Å². The number of ether oxygens (including phenoxy) is 1. The quantitative estimate of drug-likeness (QED) is 0.871. The highest BCUT2D eigenvalue weighted by atomic mass is 35.5. The number of hydrogen-bond donors (Lipinski definition) is 2. The van der Waals surface area contributed by atoms with Crippen LogP contribution in [0.4, 0.5) is 21.9 Å². The molecule has 0 aliphatic carbocycles. The highest BCUT2D eigenvalue weighted by molar-refractivity contribution is 6.30. The predicted molar refractivity (Wildman–Crippen MR) is 94.1 cm³/mol. The Morgan fingerprint density at radius 2 is 1.88 bits per heavy atom. The molecule has 6 nitrogen and oxygen atoms in total. The second kappa shape index (κ2) is 6.80. The molecule has 0 fully saturated rings. The topological polar surface area (TPSA) is 70.7 Å². The number of hydrogen-bond acceptors (Lipinski definition) is 3. The van der Waals surface area contributed by atoms with Crippen molar-refractivity contribution < 1.29 is 14.3 Å². The van der Waals surface area contributed by atoms with Crippen LogP contribution in [0.15, 0.2) is 42.5 Å². The zero-order chi connectivity index (χ0) is 17.1. The van der Waals surface area contributed by atoms with Gasteiger partial charge in [-0.05, 0) is 30.3 Å². The fourth-order valence-corrected chi connectivity index (χ4v) is 2.67. The SMILES string of the molecule is CC(=O)N1CCOc2cc(NC(=O)Nc3cccc(Cl)c3)ccc21. The van der Waals surface area contributed by atoms with Crippen LogP contribution >= 0.6 is 11.6 Å². The average Bonchev–Trinajstić information content (AvgIpc) is 2.53. The van der Waals surface area contributed by atoms with Crippen molar-refractivity contribution in [1.29, 1.82) is 0 Å². The van der Waals surface area contributed by atoms with Crippen molar-refractivity contribution in [2.45, 2.75) is 6.92 Å². The maximum Gasteiger partial charge on any atom is 0.323 e. The number of urea groups is 1. The first-order valence-electron chi connectivity index (χ1n) is 7.41. The van der Waals surface area contributed by atoms with E-state index in [1.807, 2.05) is 0 Å². The largest absolute Gasteiger partial charge is 0.489 e. The molecule has 2 aromatic rings. The Morgan fingerprint density at radius 3 is 2.58 bits per heavy atom. The van der Waals surface area contributed by atoms with Crippen molar-refractivity contribution in [2.75, 3.05) is 28.7 Å². The van der Waals surface area contributed by atoms with Gasteiger partial charge in [-0.15, -0.1) is 0 Å². The number of nitrogens with one attached hydrogen (secondary N) is 2. The summed E-state index contributed by atoms with van der Waals surface area (Å²) >= 11 is 5.89. The molecule has 24 heavy (non-hydrogen) atoms. The van der Waals surface area contributed by atoms with E-state index in [0.29, 0.717) is 41.0 Å². The van der Waals surface area contributed by atoms with Crippen molar-refractivity contribution in [3.05, 3.63) is 47.5 Å². The number of amides is 3. The molecule has 0 saturated heterocycles. The number of carbonyl (C=O) groups is 2. The minimum absolute atomic E-state index is 0.0426. The Bertz CT molecular complexity index is 794. The lowest BCUT2D eigenvalue weighted by Gasteiger charge is -2.29. The summed E-state index contributed by atoms with van der Waals surface area (Å²) in [4.78, 5) is 25.3. The van der Waals surface area contributed by atoms with Gasteiger partial charge in [0.2, 0.25) is 5.91 Å². The minimum Gasteiger partial charge on any atom is -0.489 e. The van der Waals surface area contributed by atoms with Crippen LogP contribution < -0.4 is 20.3 Å². The molecule has 1 heterocycles. The lowest BCUT2D eigenvalue weighted by Crippen LogP contribution is -2.36. The zero-order valence-electron chi connectivity index (χ0n) is 13.0. The van der Waals surface area contributed by atoms with E-state index >= 15 is 0 Å². The van der Waals surface area contributed by atoms with Crippen molar-refractivity contribution in [2.24, 2.45) is 0 Å². The Morgan fingerprint density at radius 1 is 1.12 bits per heavy atom. The summed E-state index contributed by atoms with van der Waals surface area (Å²) in [6.45, 7) is 2.45. The molecule has 1 aliphatic heterocycles. The van der Waals surface area contributed by atoms with Gasteiger partial charge in [0.15, 0.2) is 0 Å². The monoisotopic (exact) mass is 345 g/mol. The van der Waals surface area contributed by atoms with Gasteiger partial charge >= 0.3 is 6.03 Å². The molecule has 0 radical (unpaired) electrons. The number of rotatable bonds is 2. The normalized spacial score (nSPS) is 12.8. The van der Waals surface area contributed by atoms with Crippen molar-refractivity contribution in [3.63, 3.8) is 0 Å². The molecule has 3 amide bonds. The maximum absolute atomic E-state index is 12.1. The average molecular weight is 346 g/mol. The van der Waals surface area contributed by atoms with Crippen LogP contribution in [0.2, 0.25) is 5.02 Å². The second-order valence-electron chi connectivity index (χ2n) is 5.29. The first-order chi connectivity index (χ1) is 11.5. The van der Waals surface area contributed by atoms with Crippen LogP contribution in [0.5, 0.6) is 5.75 Å². The molecule has 2 N–H and O–H groups in total. The smallest absolute Gasteiger partial charge is 0.323 e. The highest BCUT2D eigenvalue weighted by Gasteiger charge is 2.21. The molecule has 0 bridgehead atoms. The third-order valence-corrected chi connectivity index (χ3v) is 3.78. The summed E-state index contributed by atoms with van der Waals surface area (Å²) in [5, 5.41) is 5.97. The lowest BCUT2D eigenvalue weighted by atomic mass is 10.2. The van der Waals surface area contributed by atoms with Crippen LogP contribution in [0.25, 0.3) is 0 Å². The number of anilines is 3. The molecule has 124 valence electrons. The van der Waals surface area contributed by atoms with Gasteiger partial charge in [0.1, 0.15) is 12.4 Å². The first-order valence-corrected chi connectivity index (χ1v) is 7.79. The van der Waals surface area contributed by atoms with E-state index in [4.69, 9.17) is 16.3 Å². The first kappa shape index (κ1) is 16.1. The summed E-state index contributed by atoms with van der Waals surface area (Å²) in [6, 6.07) is 11.7. The van der Waals surface area contributed by atoms with Gasteiger partial charge in [0.05, 0.1) is 12.2 Å². The maximum atomic E-state index is 12.1. The summed E-state index contributed by atoms with van der Waals surface area (Å²) in [7, 11) is 0. The van der Waals surface area contributed by atoms with Crippen LogP contribution in [0, 0.1) is 0 Å². The number of fused-ring (bicyclic) bond motifs is 1. The van der Waals surface area contributed by atoms with E-state index in [0.717, 1.165) is 0 Å². The van der Waals surface area contributed by atoms with Gasteiger partial charge in [0, 0.05) is 29.4 Å². The summed E-state index contributed by atoms with van der Waals surface area (Å²) in [6.07, 6.45) is 0. The Hall–Kier alpha value is -2.73. The Kier molecular flexibility index (Phi) is 4.57. The fourth-order valence-electron chi connectivity index (χ4n) is 2.48. The lowest BCUT2D eigenvalue weighted by molar-refractivity contribution is -0.116. The van der Waals surface area contributed by atoms with Gasteiger partial charge < -0.3 is 20.3 Å². The molecular weight excluding hydrogens is 330 g/mol. The van der Waals surface area contributed by atoms with Gasteiger partial charge in [-0.1, -0.05) is 17.7 Å². The summed E-state index contributed by atoms with van der Waals surface area (Å²) in [5.74, 6) is 0.524. The summed E-state index contributed by atoms with van der Waals surface area (Å²) < 4.78 is 5.58. The van der Waals surface area contributed by atoms with E-state index in [9.17, 15) is 9.59 Å². The van der Waals surface area contributed by atoms with Gasteiger partial charge in [-0.25, -0.2) is 4.79 Å².